The highest BCUT2D eigenvalue weighted by Gasteiger charge is 2.47. The summed E-state index contributed by atoms with van der Waals surface area (Å²) in [6.45, 7) is 8.89. The molecule has 10 heteroatoms. The number of rotatable bonds is 9. The average Bonchev–Trinajstić information content (AvgIpc) is 3.21. The molecule has 0 amide bonds. The maximum Gasteiger partial charge on any atom is 0.279 e. The van der Waals surface area contributed by atoms with E-state index in [0.29, 0.717) is 11.3 Å². The predicted octanol–water partition coefficient (Wildman–Crippen LogP) is 3.80. The van der Waals surface area contributed by atoms with Gasteiger partial charge in [-0.2, -0.15) is 10.4 Å². The summed E-state index contributed by atoms with van der Waals surface area (Å²) in [4.78, 5) is 10.7. The number of hydrazone groups is 1. The van der Waals surface area contributed by atoms with E-state index < -0.39 is 24.6 Å². The highest BCUT2D eigenvalue weighted by atomic mass is 19.3. The Morgan fingerprint density at radius 2 is 2.06 bits per heavy atom. The van der Waals surface area contributed by atoms with Gasteiger partial charge >= 0.3 is 0 Å². The van der Waals surface area contributed by atoms with Crippen molar-refractivity contribution in [1.29, 1.82) is 5.26 Å². The van der Waals surface area contributed by atoms with E-state index in [1.165, 1.54) is 25.6 Å². The maximum atomic E-state index is 13.8. The van der Waals surface area contributed by atoms with Crippen molar-refractivity contribution in [2.45, 2.75) is 64.6 Å². The molecule has 3 atom stereocenters. The van der Waals surface area contributed by atoms with E-state index in [2.05, 4.69) is 33.0 Å². The second kappa shape index (κ2) is 10.3. The van der Waals surface area contributed by atoms with Gasteiger partial charge in [0.15, 0.2) is 6.17 Å². The van der Waals surface area contributed by atoms with Crippen LogP contribution in [0.5, 0.6) is 5.75 Å². The minimum atomic E-state index is -2.78. The minimum Gasteiger partial charge on any atom is -0.496 e. The number of likely N-dealkylation sites (tertiary alicyclic amines) is 1. The van der Waals surface area contributed by atoms with Crippen LogP contribution in [0, 0.1) is 24.2 Å². The third-order valence-corrected chi connectivity index (χ3v) is 7.32. The molecule has 0 spiro atoms. The van der Waals surface area contributed by atoms with E-state index in [0.717, 1.165) is 36.3 Å². The lowest BCUT2D eigenvalue weighted by molar-refractivity contribution is 0.141. The summed E-state index contributed by atoms with van der Waals surface area (Å²) in [7, 11) is 1.61. The second-order valence-corrected chi connectivity index (χ2v) is 9.45. The van der Waals surface area contributed by atoms with Gasteiger partial charge in [-0.1, -0.05) is 19.8 Å². The van der Waals surface area contributed by atoms with E-state index in [4.69, 9.17) is 10.5 Å². The van der Waals surface area contributed by atoms with E-state index in [1.54, 1.807) is 18.2 Å². The van der Waals surface area contributed by atoms with Gasteiger partial charge in [0.2, 0.25) is 0 Å². The first kappa shape index (κ1) is 25.0. The zero-order valence-electron chi connectivity index (χ0n) is 20.7. The molecule has 3 aliphatic rings. The molecule has 3 heterocycles. The molecule has 1 aromatic carbocycles. The predicted molar refractivity (Wildman–Crippen MR) is 132 cm³/mol. The molecule has 1 aromatic rings. The number of halogens is 2. The van der Waals surface area contributed by atoms with Gasteiger partial charge < -0.3 is 15.4 Å². The van der Waals surface area contributed by atoms with E-state index in [9.17, 15) is 14.0 Å². The van der Waals surface area contributed by atoms with E-state index >= 15 is 0 Å². The van der Waals surface area contributed by atoms with Crippen LogP contribution in [0.15, 0.2) is 21.2 Å². The summed E-state index contributed by atoms with van der Waals surface area (Å²) in [5, 5.41) is 15.7. The van der Waals surface area contributed by atoms with Crippen LogP contribution in [-0.4, -0.2) is 67.1 Å². The van der Waals surface area contributed by atoms with Gasteiger partial charge in [-0.25, -0.2) is 18.8 Å². The fourth-order valence-corrected chi connectivity index (χ4v) is 5.37. The van der Waals surface area contributed by atoms with Crippen molar-refractivity contribution in [1.82, 2.24) is 9.91 Å². The van der Waals surface area contributed by atoms with Crippen molar-refractivity contribution >= 4 is 17.9 Å². The van der Waals surface area contributed by atoms with Crippen LogP contribution in [0.25, 0.3) is 0 Å². The zero-order chi connectivity index (χ0) is 25.3. The number of fused-ring (bicyclic) bond motifs is 1. The number of nitriles is 1. The van der Waals surface area contributed by atoms with Crippen LogP contribution >= 0.6 is 0 Å². The summed E-state index contributed by atoms with van der Waals surface area (Å²) in [6, 6.07) is 3.61. The Morgan fingerprint density at radius 1 is 1.31 bits per heavy atom. The molecule has 4 rings (SSSR count). The summed E-state index contributed by atoms with van der Waals surface area (Å²) in [5.41, 5.74) is 8.82. The smallest absolute Gasteiger partial charge is 0.279 e. The van der Waals surface area contributed by atoms with Crippen molar-refractivity contribution in [3.05, 3.63) is 28.3 Å². The lowest BCUT2D eigenvalue weighted by Gasteiger charge is -2.41. The molecule has 0 saturated carbocycles. The number of hydrogen-bond acceptors (Lipinski definition) is 8. The number of aliphatic imine (C=N–C) groups is 2. The van der Waals surface area contributed by atoms with Gasteiger partial charge in [0, 0.05) is 30.1 Å². The molecular formula is C25H33F2N7O. The fraction of sp³-hybridized carbons (Fsp3) is 0.600. The van der Waals surface area contributed by atoms with Crippen molar-refractivity contribution in [2.24, 2.45) is 26.7 Å². The molecule has 188 valence electrons. The Balaban J connectivity index is 1.69. The molecule has 0 aromatic heterocycles. The Labute approximate surface area is 205 Å². The largest absolute Gasteiger partial charge is 0.496 e. The number of nitrogens with zero attached hydrogens (tertiary/aromatic N) is 6. The summed E-state index contributed by atoms with van der Waals surface area (Å²) in [6.07, 6.45) is 1.37. The number of benzene rings is 1. The molecule has 8 nitrogen and oxygen atoms in total. The molecule has 1 saturated heterocycles. The first-order chi connectivity index (χ1) is 16.8. The Morgan fingerprint density at radius 3 is 2.69 bits per heavy atom. The Hall–Kier alpha value is -3.06. The van der Waals surface area contributed by atoms with Crippen LogP contribution in [0.1, 0.15) is 67.3 Å². The fourth-order valence-electron chi connectivity index (χ4n) is 5.37. The summed E-state index contributed by atoms with van der Waals surface area (Å²) < 4.78 is 33.6. The van der Waals surface area contributed by atoms with Gasteiger partial charge in [0.25, 0.3) is 6.43 Å². The van der Waals surface area contributed by atoms with Gasteiger partial charge in [-0.3, -0.25) is 5.01 Å². The van der Waals surface area contributed by atoms with E-state index in [1.807, 2.05) is 13.8 Å². The summed E-state index contributed by atoms with van der Waals surface area (Å²) >= 11 is 0. The van der Waals surface area contributed by atoms with Crippen molar-refractivity contribution in [3.8, 4) is 11.8 Å². The van der Waals surface area contributed by atoms with Gasteiger partial charge in [-0.05, 0) is 38.4 Å². The highest BCUT2D eigenvalue weighted by molar-refractivity contribution is 6.11. The van der Waals surface area contributed by atoms with E-state index in [-0.39, 0.29) is 17.5 Å². The second-order valence-electron chi connectivity index (χ2n) is 9.45. The van der Waals surface area contributed by atoms with Gasteiger partial charge in [0.1, 0.15) is 29.6 Å². The molecule has 2 N–H and O–H groups in total. The lowest BCUT2D eigenvalue weighted by atomic mass is 9.83. The molecule has 0 aliphatic carbocycles. The highest BCUT2D eigenvalue weighted by Crippen LogP contribution is 2.44. The van der Waals surface area contributed by atoms with Crippen molar-refractivity contribution in [3.63, 3.8) is 0 Å². The topological polar surface area (TPSA) is 103 Å². The quantitative estimate of drug-likeness (QED) is 0.536. The van der Waals surface area contributed by atoms with Crippen LogP contribution < -0.4 is 10.5 Å². The average molecular weight is 486 g/mol. The SMILES string of the molecule is CCCCCN1CC(c2c(C)c(C#N)cc(C(C)N3N=C(C(F)F)C4C(N)=NC=NC43)c2OC)C1. The first-order valence-corrected chi connectivity index (χ1v) is 12.2. The van der Waals surface area contributed by atoms with Crippen LogP contribution in [0.2, 0.25) is 0 Å². The minimum absolute atomic E-state index is 0.0747. The normalized spacial score (nSPS) is 23.0. The first-order valence-electron chi connectivity index (χ1n) is 12.2. The Bertz CT molecular complexity index is 1090. The number of alkyl halides is 2. The third-order valence-electron chi connectivity index (χ3n) is 7.32. The third kappa shape index (κ3) is 4.49. The molecule has 35 heavy (non-hydrogen) atoms. The molecule has 0 bridgehead atoms. The van der Waals surface area contributed by atoms with Gasteiger partial charge in [0.05, 0.1) is 24.8 Å². The van der Waals surface area contributed by atoms with Crippen LogP contribution in [0.4, 0.5) is 8.78 Å². The number of methoxy groups -OCH3 is 1. The molecule has 3 aliphatic heterocycles. The number of hydrogen-bond donors (Lipinski definition) is 1. The molecule has 1 fully saturated rings. The zero-order valence-corrected chi connectivity index (χ0v) is 20.7. The molecule has 0 radical (unpaired) electrons. The molecule has 3 unspecified atom stereocenters. The Kier molecular flexibility index (Phi) is 7.36. The monoisotopic (exact) mass is 485 g/mol. The standard InChI is InChI=1S/C25H33F2N7O/c1-5-6-7-8-33-11-17(12-33)19-14(2)16(10-28)9-18(22(19)35-4)15(3)34-25-20(21(32-34)23(26)27)24(29)30-13-31-25/h9,13,15,17,20,23,25H,5-8,11-12H2,1-4H3,(H2,29,30,31). The van der Waals surface area contributed by atoms with Crippen molar-refractivity contribution in [2.75, 3.05) is 26.7 Å². The van der Waals surface area contributed by atoms with Crippen LogP contribution in [0.3, 0.4) is 0 Å². The lowest BCUT2D eigenvalue weighted by Crippen LogP contribution is -2.46. The molecular weight excluding hydrogens is 452 g/mol. The van der Waals surface area contributed by atoms with Crippen molar-refractivity contribution < 1.29 is 13.5 Å². The number of amidine groups is 1. The van der Waals surface area contributed by atoms with Crippen LogP contribution in [-0.2, 0) is 0 Å². The number of unbranched alkanes of at least 4 members (excludes halogenated alkanes) is 2. The number of ether oxygens (including phenoxy) is 1. The number of nitrogens with two attached hydrogens (primary N) is 1. The van der Waals surface area contributed by atoms with Gasteiger partial charge in [-0.15, -0.1) is 0 Å². The maximum absolute atomic E-state index is 13.8. The summed E-state index contributed by atoms with van der Waals surface area (Å²) in [5.74, 6) is 0.126.